The Hall–Kier alpha value is -3.03. The van der Waals surface area contributed by atoms with Gasteiger partial charge in [-0.3, -0.25) is 9.69 Å². The average Bonchev–Trinajstić information content (AvgIpc) is 3.43. The van der Waals surface area contributed by atoms with Gasteiger partial charge in [-0.1, -0.05) is 30.3 Å². The van der Waals surface area contributed by atoms with Gasteiger partial charge in [-0.05, 0) is 37.1 Å². The number of rotatable bonds is 4. The maximum absolute atomic E-state index is 13.3. The topological polar surface area (TPSA) is 62.5 Å². The first-order valence-electron chi connectivity index (χ1n) is 10.5. The molecule has 31 heavy (non-hydrogen) atoms. The lowest BCUT2D eigenvalue weighted by atomic mass is 10.1. The number of thiophene rings is 1. The van der Waals surface area contributed by atoms with Crippen LogP contribution in [0.3, 0.4) is 0 Å². The van der Waals surface area contributed by atoms with Crippen molar-refractivity contribution in [1.29, 1.82) is 0 Å². The molecule has 4 heterocycles. The van der Waals surface area contributed by atoms with Crippen LogP contribution in [0.2, 0.25) is 0 Å². The molecule has 4 aromatic rings. The van der Waals surface area contributed by atoms with Crippen molar-refractivity contribution in [3.63, 3.8) is 0 Å². The SMILES string of the molecule is Cc1nc(-c2ccco2)nc2sc(C(=O)N3CCN(Cc4ccccc4)CC3)c(C)c12. The van der Waals surface area contributed by atoms with Gasteiger partial charge in [0, 0.05) is 38.1 Å². The lowest BCUT2D eigenvalue weighted by Gasteiger charge is -2.34. The molecule has 1 aromatic carbocycles. The fourth-order valence-electron chi connectivity index (χ4n) is 4.15. The van der Waals surface area contributed by atoms with Gasteiger partial charge >= 0.3 is 0 Å². The van der Waals surface area contributed by atoms with Gasteiger partial charge in [-0.15, -0.1) is 11.3 Å². The van der Waals surface area contributed by atoms with Gasteiger partial charge in [0.2, 0.25) is 0 Å². The molecule has 7 heteroatoms. The highest BCUT2D eigenvalue weighted by Crippen LogP contribution is 2.34. The number of aromatic nitrogens is 2. The predicted octanol–water partition coefficient (Wildman–Crippen LogP) is 4.53. The highest BCUT2D eigenvalue weighted by atomic mass is 32.1. The lowest BCUT2D eigenvalue weighted by Crippen LogP contribution is -2.48. The van der Waals surface area contributed by atoms with Crippen molar-refractivity contribution in [2.24, 2.45) is 0 Å². The molecule has 0 bridgehead atoms. The van der Waals surface area contributed by atoms with Gasteiger partial charge in [-0.25, -0.2) is 9.97 Å². The number of hydrogen-bond donors (Lipinski definition) is 0. The van der Waals surface area contributed by atoms with Gasteiger partial charge in [0.25, 0.3) is 5.91 Å². The van der Waals surface area contributed by atoms with E-state index in [1.165, 1.54) is 16.9 Å². The normalized spacial score (nSPS) is 15.0. The van der Waals surface area contributed by atoms with Gasteiger partial charge < -0.3 is 9.32 Å². The van der Waals surface area contributed by atoms with Crippen molar-refractivity contribution in [2.45, 2.75) is 20.4 Å². The first-order valence-corrected chi connectivity index (χ1v) is 11.3. The number of benzene rings is 1. The van der Waals surface area contributed by atoms with Gasteiger partial charge in [0.05, 0.1) is 16.8 Å². The van der Waals surface area contributed by atoms with Crippen molar-refractivity contribution in [3.8, 4) is 11.6 Å². The van der Waals surface area contributed by atoms with E-state index in [9.17, 15) is 4.79 Å². The van der Waals surface area contributed by atoms with E-state index in [4.69, 9.17) is 4.42 Å². The molecule has 1 saturated heterocycles. The molecule has 1 amide bonds. The fraction of sp³-hybridized carbons (Fsp3) is 0.292. The van der Waals surface area contributed by atoms with Crippen molar-refractivity contribution < 1.29 is 9.21 Å². The summed E-state index contributed by atoms with van der Waals surface area (Å²) in [4.78, 5) is 28.6. The monoisotopic (exact) mass is 432 g/mol. The van der Waals surface area contributed by atoms with Crippen LogP contribution in [0.4, 0.5) is 0 Å². The quantitative estimate of drug-likeness (QED) is 0.474. The number of amides is 1. The van der Waals surface area contributed by atoms with Crippen LogP contribution in [0, 0.1) is 13.8 Å². The smallest absolute Gasteiger partial charge is 0.264 e. The summed E-state index contributed by atoms with van der Waals surface area (Å²) < 4.78 is 5.46. The molecule has 6 nitrogen and oxygen atoms in total. The number of furan rings is 1. The Kier molecular flexibility index (Phi) is 5.29. The van der Waals surface area contributed by atoms with E-state index in [-0.39, 0.29) is 5.91 Å². The highest BCUT2D eigenvalue weighted by molar-refractivity contribution is 7.20. The predicted molar refractivity (Wildman–Crippen MR) is 122 cm³/mol. The second kappa shape index (κ2) is 8.24. The van der Waals surface area contributed by atoms with E-state index < -0.39 is 0 Å². The molecule has 158 valence electrons. The second-order valence-corrected chi connectivity index (χ2v) is 8.90. The molecule has 1 aliphatic rings. The third kappa shape index (κ3) is 3.86. The highest BCUT2D eigenvalue weighted by Gasteiger charge is 2.26. The molecule has 3 aromatic heterocycles. The van der Waals surface area contributed by atoms with E-state index in [1.807, 2.05) is 36.9 Å². The Morgan fingerprint density at radius 1 is 1.03 bits per heavy atom. The summed E-state index contributed by atoms with van der Waals surface area (Å²) in [7, 11) is 0. The van der Waals surface area contributed by atoms with Crippen molar-refractivity contribution >= 4 is 27.5 Å². The Labute approximate surface area is 185 Å². The Morgan fingerprint density at radius 3 is 2.52 bits per heavy atom. The summed E-state index contributed by atoms with van der Waals surface area (Å²) in [5, 5.41) is 0.978. The number of piperazine rings is 1. The number of carbonyl (C=O) groups excluding carboxylic acids is 1. The second-order valence-electron chi connectivity index (χ2n) is 7.90. The first kappa shape index (κ1) is 19.9. The zero-order valence-electron chi connectivity index (χ0n) is 17.7. The van der Waals surface area contributed by atoms with E-state index >= 15 is 0 Å². The Balaban J connectivity index is 1.34. The van der Waals surface area contributed by atoms with Crippen LogP contribution in [-0.2, 0) is 6.54 Å². The molecule has 0 N–H and O–H groups in total. The van der Waals surface area contributed by atoms with Crippen molar-refractivity contribution in [2.75, 3.05) is 26.2 Å². The van der Waals surface area contributed by atoms with E-state index in [2.05, 4.69) is 39.1 Å². The molecule has 0 unspecified atom stereocenters. The minimum atomic E-state index is 0.0961. The summed E-state index contributed by atoms with van der Waals surface area (Å²) in [6, 6.07) is 14.2. The number of carbonyl (C=O) groups is 1. The number of nitrogens with zero attached hydrogens (tertiary/aromatic N) is 4. The maximum atomic E-state index is 13.3. The Morgan fingerprint density at radius 2 is 1.81 bits per heavy atom. The number of fused-ring (bicyclic) bond motifs is 1. The maximum Gasteiger partial charge on any atom is 0.264 e. The molecule has 5 rings (SSSR count). The van der Waals surface area contributed by atoms with Crippen LogP contribution in [-0.4, -0.2) is 51.9 Å². The van der Waals surface area contributed by atoms with Crippen molar-refractivity contribution in [1.82, 2.24) is 19.8 Å². The zero-order valence-corrected chi connectivity index (χ0v) is 18.5. The van der Waals surface area contributed by atoms with Crippen LogP contribution in [0.1, 0.15) is 26.5 Å². The summed E-state index contributed by atoms with van der Waals surface area (Å²) >= 11 is 1.46. The van der Waals surface area contributed by atoms with Crippen LogP contribution in [0.25, 0.3) is 21.8 Å². The Bertz CT molecular complexity index is 1210. The average molecular weight is 433 g/mol. The van der Waals surface area contributed by atoms with Crippen LogP contribution >= 0.6 is 11.3 Å². The molecule has 0 radical (unpaired) electrons. The zero-order chi connectivity index (χ0) is 21.4. The number of aryl methyl sites for hydroxylation is 2. The van der Waals surface area contributed by atoms with Crippen LogP contribution in [0.15, 0.2) is 53.1 Å². The molecule has 0 saturated carbocycles. The summed E-state index contributed by atoms with van der Waals surface area (Å²) in [6.45, 7) is 8.13. The van der Waals surface area contributed by atoms with E-state index in [0.717, 1.165) is 59.1 Å². The van der Waals surface area contributed by atoms with Crippen molar-refractivity contribution in [3.05, 3.63) is 70.4 Å². The van der Waals surface area contributed by atoms with Gasteiger partial charge in [0.1, 0.15) is 4.83 Å². The molecule has 1 aliphatic heterocycles. The van der Waals surface area contributed by atoms with E-state index in [0.29, 0.717) is 11.6 Å². The van der Waals surface area contributed by atoms with E-state index in [1.54, 1.807) is 6.26 Å². The van der Waals surface area contributed by atoms with Gasteiger partial charge in [0.15, 0.2) is 11.6 Å². The molecule has 0 atom stereocenters. The molecular weight excluding hydrogens is 408 g/mol. The third-order valence-corrected chi connectivity index (χ3v) is 6.99. The largest absolute Gasteiger partial charge is 0.461 e. The number of hydrogen-bond acceptors (Lipinski definition) is 6. The standard InChI is InChI=1S/C24H24N4O2S/c1-16-20-17(2)25-22(19-9-6-14-30-19)26-23(20)31-21(16)24(29)28-12-10-27(11-13-28)15-18-7-4-3-5-8-18/h3-9,14H,10-13,15H2,1-2H3. The third-order valence-electron chi connectivity index (χ3n) is 5.82. The first-order chi connectivity index (χ1) is 15.1. The lowest BCUT2D eigenvalue weighted by molar-refractivity contribution is 0.0632. The molecular formula is C24H24N4O2S. The minimum absolute atomic E-state index is 0.0961. The molecule has 1 fully saturated rings. The minimum Gasteiger partial charge on any atom is -0.461 e. The molecule has 0 aliphatic carbocycles. The molecule has 0 spiro atoms. The fourth-order valence-corrected chi connectivity index (χ4v) is 5.35. The summed E-state index contributed by atoms with van der Waals surface area (Å²) in [5.41, 5.74) is 3.15. The summed E-state index contributed by atoms with van der Waals surface area (Å²) in [5.74, 6) is 1.29. The van der Waals surface area contributed by atoms with Crippen LogP contribution < -0.4 is 0 Å². The van der Waals surface area contributed by atoms with Crippen LogP contribution in [0.5, 0.6) is 0 Å². The van der Waals surface area contributed by atoms with Gasteiger partial charge in [-0.2, -0.15) is 0 Å². The summed E-state index contributed by atoms with van der Waals surface area (Å²) in [6.07, 6.45) is 1.62.